The number of H-pyrrole nitrogens is 1. The second-order valence-corrected chi connectivity index (χ2v) is 6.33. The van der Waals surface area contributed by atoms with Crippen LogP contribution in [0.25, 0.3) is 11.0 Å². The Bertz CT molecular complexity index is 778. The minimum Gasteiger partial charge on any atom is -0.343 e. The molecule has 3 aromatic rings. The van der Waals surface area contributed by atoms with Crippen LogP contribution >= 0.6 is 0 Å². The molecule has 1 aliphatic heterocycles. The number of hydrogen-bond donors (Lipinski definition) is 1. The minimum atomic E-state index is -0.107. The van der Waals surface area contributed by atoms with Crippen LogP contribution in [0.4, 0.5) is 4.39 Å². The van der Waals surface area contributed by atoms with E-state index in [-0.39, 0.29) is 5.82 Å². The molecular formula is C19H20FN3. The zero-order valence-corrected chi connectivity index (χ0v) is 13.0. The smallest absolute Gasteiger partial charge is 0.137 e. The fourth-order valence-electron chi connectivity index (χ4n) is 3.52. The molecule has 0 unspecified atom stereocenters. The van der Waals surface area contributed by atoms with E-state index in [0.717, 1.165) is 36.1 Å². The molecule has 23 heavy (non-hydrogen) atoms. The zero-order chi connectivity index (χ0) is 15.6. The van der Waals surface area contributed by atoms with E-state index >= 15 is 0 Å². The number of nitrogens with zero attached hydrogens (tertiary/aromatic N) is 2. The van der Waals surface area contributed by atoms with Crippen molar-refractivity contribution in [3.8, 4) is 0 Å². The van der Waals surface area contributed by atoms with Gasteiger partial charge in [-0.1, -0.05) is 18.2 Å². The highest BCUT2D eigenvalue weighted by Crippen LogP contribution is 2.29. The molecule has 0 amide bonds. The van der Waals surface area contributed by atoms with Gasteiger partial charge in [-0.15, -0.1) is 0 Å². The summed E-state index contributed by atoms with van der Waals surface area (Å²) in [6.45, 7) is 2.67. The Balaban J connectivity index is 1.51. The molecule has 118 valence electrons. The predicted octanol–water partition coefficient (Wildman–Crippen LogP) is 4.08. The molecule has 1 atom stereocenters. The molecule has 0 aliphatic carbocycles. The number of aromatic nitrogens is 2. The number of fused-ring (bicyclic) bond motifs is 1. The standard InChI is InChI=1S/C19H20FN3/c20-17-8-2-1-5-15(17)12-23-10-4-7-16(13-23)18-11-14-6-3-9-21-19(14)22-18/h1-3,5-6,8-9,11,16H,4,7,10,12-13H2,(H,21,22)/t16-/m0/s1. The van der Waals surface area contributed by atoms with Gasteiger partial charge in [0, 0.05) is 41.8 Å². The molecule has 1 saturated heterocycles. The number of halogens is 1. The lowest BCUT2D eigenvalue weighted by Crippen LogP contribution is -2.34. The van der Waals surface area contributed by atoms with Gasteiger partial charge in [-0.25, -0.2) is 9.37 Å². The van der Waals surface area contributed by atoms with Crippen molar-refractivity contribution < 1.29 is 4.39 Å². The first kappa shape index (κ1) is 14.4. The van der Waals surface area contributed by atoms with Crippen LogP contribution < -0.4 is 0 Å². The molecule has 4 rings (SSSR count). The number of pyridine rings is 1. The van der Waals surface area contributed by atoms with Gasteiger partial charge in [0.2, 0.25) is 0 Å². The minimum absolute atomic E-state index is 0.107. The SMILES string of the molecule is Fc1ccccc1CN1CCC[C@H](c2cc3cccnc3[nH]2)C1. The van der Waals surface area contributed by atoms with E-state index in [1.165, 1.54) is 12.1 Å². The summed E-state index contributed by atoms with van der Waals surface area (Å²) in [5, 5.41) is 1.16. The Morgan fingerprint density at radius 3 is 3.00 bits per heavy atom. The normalized spacial score (nSPS) is 19.3. The maximum absolute atomic E-state index is 13.9. The first-order valence-electron chi connectivity index (χ1n) is 8.19. The second kappa shape index (κ2) is 6.13. The third-order valence-electron chi connectivity index (χ3n) is 4.71. The fourth-order valence-corrected chi connectivity index (χ4v) is 3.52. The van der Waals surface area contributed by atoms with Crippen molar-refractivity contribution in [1.29, 1.82) is 0 Å². The molecule has 0 radical (unpaired) electrons. The van der Waals surface area contributed by atoms with Gasteiger partial charge >= 0.3 is 0 Å². The summed E-state index contributed by atoms with van der Waals surface area (Å²) in [4.78, 5) is 10.2. The van der Waals surface area contributed by atoms with Crippen molar-refractivity contribution in [2.24, 2.45) is 0 Å². The number of benzene rings is 1. The first-order valence-corrected chi connectivity index (χ1v) is 8.19. The van der Waals surface area contributed by atoms with Crippen molar-refractivity contribution >= 4 is 11.0 Å². The molecule has 4 heteroatoms. The van der Waals surface area contributed by atoms with Crippen LogP contribution in [0.15, 0.2) is 48.7 Å². The van der Waals surface area contributed by atoms with E-state index in [1.807, 2.05) is 24.4 Å². The zero-order valence-electron chi connectivity index (χ0n) is 13.0. The lowest BCUT2D eigenvalue weighted by molar-refractivity contribution is 0.196. The molecule has 1 aromatic carbocycles. The van der Waals surface area contributed by atoms with E-state index in [2.05, 4.69) is 27.0 Å². The van der Waals surface area contributed by atoms with Crippen molar-refractivity contribution in [2.75, 3.05) is 13.1 Å². The first-order chi connectivity index (χ1) is 11.3. The van der Waals surface area contributed by atoms with E-state index in [0.29, 0.717) is 12.5 Å². The van der Waals surface area contributed by atoms with E-state index in [1.54, 1.807) is 12.1 Å². The Hall–Kier alpha value is -2.20. The Morgan fingerprint density at radius 1 is 1.22 bits per heavy atom. The summed E-state index contributed by atoms with van der Waals surface area (Å²) in [5.41, 5.74) is 2.98. The van der Waals surface area contributed by atoms with Crippen molar-refractivity contribution in [1.82, 2.24) is 14.9 Å². The molecule has 0 saturated carbocycles. The van der Waals surface area contributed by atoms with Crippen LogP contribution in [-0.4, -0.2) is 28.0 Å². The molecule has 3 heterocycles. The average Bonchev–Trinajstić information content (AvgIpc) is 3.01. The topological polar surface area (TPSA) is 31.9 Å². The van der Waals surface area contributed by atoms with Gasteiger partial charge in [-0.2, -0.15) is 0 Å². The van der Waals surface area contributed by atoms with Crippen molar-refractivity contribution in [2.45, 2.75) is 25.3 Å². The molecule has 3 nitrogen and oxygen atoms in total. The number of rotatable bonds is 3. The van der Waals surface area contributed by atoms with E-state index in [4.69, 9.17) is 0 Å². The molecule has 2 aromatic heterocycles. The molecule has 1 fully saturated rings. The van der Waals surface area contributed by atoms with E-state index in [9.17, 15) is 4.39 Å². The number of piperidine rings is 1. The van der Waals surface area contributed by atoms with E-state index < -0.39 is 0 Å². The lowest BCUT2D eigenvalue weighted by atomic mass is 9.94. The summed E-state index contributed by atoms with van der Waals surface area (Å²) >= 11 is 0. The second-order valence-electron chi connectivity index (χ2n) is 6.33. The number of hydrogen-bond acceptors (Lipinski definition) is 2. The largest absolute Gasteiger partial charge is 0.343 e. The summed E-state index contributed by atoms with van der Waals surface area (Å²) < 4.78 is 13.9. The summed E-state index contributed by atoms with van der Waals surface area (Å²) in [6.07, 6.45) is 4.12. The maximum atomic E-state index is 13.9. The predicted molar refractivity (Wildman–Crippen MR) is 89.7 cm³/mol. The monoisotopic (exact) mass is 309 g/mol. The van der Waals surface area contributed by atoms with Gasteiger partial charge < -0.3 is 4.98 Å². The number of nitrogens with one attached hydrogen (secondary N) is 1. The molecule has 0 bridgehead atoms. The van der Waals surface area contributed by atoms with Crippen molar-refractivity contribution in [3.63, 3.8) is 0 Å². The van der Waals surface area contributed by atoms with Crippen LogP contribution in [0.3, 0.4) is 0 Å². The third-order valence-corrected chi connectivity index (χ3v) is 4.71. The molecular weight excluding hydrogens is 289 g/mol. The van der Waals surface area contributed by atoms with Crippen molar-refractivity contribution in [3.05, 3.63) is 65.7 Å². The Labute approximate surface area is 135 Å². The van der Waals surface area contributed by atoms with Crippen LogP contribution in [0.2, 0.25) is 0 Å². The fraction of sp³-hybridized carbons (Fsp3) is 0.316. The summed E-state index contributed by atoms with van der Waals surface area (Å²) in [6, 6.07) is 13.3. The van der Waals surface area contributed by atoms with Gasteiger partial charge in [0.05, 0.1) is 0 Å². The average molecular weight is 309 g/mol. The van der Waals surface area contributed by atoms with Gasteiger partial charge in [0.15, 0.2) is 0 Å². The number of likely N-dealkylation sites (tertiary alicyclic amines) is 1. The van der Waals surface area contributed by atoms with Crippen LogP contribution in [0.1, 0.15) is 30.0 Å². The van der Waals surface area contributed by atoms with Gasteiger partial charge in [-0.05, 0) is 43.7 Å². The highest BCUT2D eigenvalue weighted by Gasteiger charge is 2.23. The summed E-state index contributed by atoms with van der Waals surface area (Å²) in [7, 11) is 0. The van der Waals surface area contributed by atoms with Gasteiger partial charge in [-0.3, -0.25) is 4.90 Å². The number of aromatic amines is 1. The Kier molecular flexibility index (Phi) is 3.83. The lowest BCUT2D eigenvalue weighted by Gasteiger charge is -2.32. The maximum Gasteiger partial charge on any atom is 0.137 e. The van der Waals surface area contributed by atoms with Gasteiger partial charge in [0.25, 0.3) is 0 Å². The van der Waals surface area contributed by atoms with Crippen LogP contribution in [0, 0.1) is 5.82 Å². The van der Waals surface area contributed by atoms with Crippen LogP contribution in [0.5, 0.6) is 0 Å². The van der Waals surface area contributed by atoms with Crippen LogP contribution in [-0.2, 0) is 6.54 Å². The molecule has 1 N–H and O–H groups in total. The van der Waals surface area contributed by atoms with Gasteiger partial charge in [0.1, 0.15) is 11.5 Å². The quantitative estimate of drug-likeness (QED) is 0.790. The molecule has 0 spiro atoms. The highest BCUT2D eigenvalue weighted by molar-refractivity contribution is 5.76. The Morgan fingerprint density at radius 2 is 2.13 bits per heavy atom. The molecule has 1 aliphatic rings. The third kappa shape index (κ3) is 2.99. The highest BCUT2D eigenvalue weighted by atomic mass is 19.1. The summed E-state index contributed by atoms with van der Waals surface area (Å²) in [5.74, 6) is 0.356.